The SMILES string of the molecule is O=C(OCC(=O)N1CCc2ccccc2C1)c1ccc(N2CCCCC2)c([N+](=O)[O-])c1. The van der Waals surface area contributed by atoms with Crippen molar-refractivity contribution in [3.05, 3.63) is 69.3 Å². The summed E-state index contributed by atoms with van der Waals surface area (Å²) in [6, 6.07) is 12.3. The fourth-order valence-electron chi connectivity index (χ4n) is 4.21. The number of esters is 1. The molecule has 0 spiro atoms. The number of benzene rings is 2. The zero-order valence-electron chi connectivity index (χ0n) is 17.3. The lowest BCUT2D eigenvalue weighted by Gasteiger charge is -2.29. The molecule has 0 saturated carbocycles. The Kier molecular flexibility index (Phi) is 6.16. The largest absolute Gasteiger partial charge is 0.452 e. The van der Waals surface area contributed by atoms with Crippen molar-refractivity contribution in [2.24, 2.45) is 0 Å². The van der Waals surface area contributed by atoms with Gasteiger partial charge in [-0.3, -0.25) is 14.9 Å². The third-order valence-corrected chi connectivity index (χ3v) is 5.91. The van der Waals surface area contributed by atoms with Crippen molar-refractivity contribution in [1.29, 1.82) is 0 Å². The Morgan fingerprint density at radius 1 is 1.00 bits per heavy atom. The Bertz CT molecular complexity index is 1000. The van der Waals surface area contributed by atoms with E-state index in [2.05, 4.69) is 6.07 Å². The van der Waals surface area contributed by atoms with Crippen molar-refractivity contribution in [2.75, 3.05) is 31.1 Å². The van der Waals surface area contributed by atoms with Crippen molar-refractivity contribution in [2.45, 2.75) is 32.2 Å². The van der Waals surface area contributed by atoms with Gasteiger partial charge in [-0.1, -0.05) is 24.3 Å². The van der Waals surface area contributed by atoms with Gasteiger partial charge in [0.15, 0.2) is 6.61 Å². The average molecular weight is 423 g/mol. The van der Waals surface area contributed by atoms with Crippen LogP contribution in [0.1, 0.15) is 40.7 Å². The zero-order chi connectivity index (χ0) is 21.8. The number of carbonyl (C=O) groups excluding carboxylic acids is 2. The Balaban J connectivity index is 1.40. The first kappa shape index (κ1) is 20.8. The number of hydrogen-bond donors (Lipinski definition) is 0. The normalized spacial score (nSPS) is 15.9. The van der Waals surface area contributed by atoms with E-state index in [-0.39, 0.29) is 23.8 Å². The highest BCUT2D eigenvalue weighted by Crippen LogP contribution is 2.31. The molecule has 0 unspecified atom stereocenters. The minimum atomic E-state index is -0.737. The third-order valence-electron chi connectivity index (χ3n) is 5.91. The molecule has 8 nitrogen and oxygen atoms in total. The molecule has 31 heavy (non-hydrogen) atoms. The summed E-state index contributed by atoms with van der Waals surface area (Å²) in [5.74, 6) is -1.01. The highest BCUT2D eigenvalue weighted by Gasteiger charge is 2.25. The molecule has 0 atom stereocenters. The number of piperidine rings is 1. The van der Waals surface area contributed by atoms with Crippen LogP contribution < -0.4 is 4.90 Å². The van der Waals surface area contributed by atoms with Crippen molar-refractivity contribution in [3.63, 3.8) is 0 Å². The number of carbonyl (C=O) groups is 2. The number of rotatable bonds is 5. The number of nitrogens with zero attached hydrogens (tertiary/aromatic N) is 3. The van der Waals surface area contributed by atoms with Crippen LogP contribution in [0, 0.1) is 10.1 Å². The van der Waals surface area contributed by atoms with Gasteiger partial charge in [0.2, 0.25) is 0 Å². The van der Waals surface area contributed by atoms with Gasteiger partial charge in [-0.15, -0.1) is 0 Å². The number of amides is 1. The topological polar surface area (TPSA) is 93.0 Å². The molecule has 2 heterocycles. The predicted molar refractivity (Wildman–Crippen MR) is 115 cm³/mol. The second-order valence-electron chi connectivity index (χ2n) is 7.92. The van der Waals surface area contributed by atoms with Crippen LogP contribution in [0.5, 0.6) is 0 Å². The summed E-state index contributed by atoms with van der Waals surface area (Å²) < 4.78 is 5.18. The van der Waals surface area contributed by atoms with Gasteiger partial charge in [-0.05, 0) is 48.9 Å². The summed E-state index contributed by atoms with van der Waals surface area (Å²) >= 11 is 0. The molecular weight excluding hydrogens is 398 g/mol. The van der Waals surface area contributed by atoms with Gasteiger partial charge in [0.25, 0.3) is 11.6 Å². The fourth-order valence-corrected chi connectivity index (χ4v) is 4.21. The summed E-state index contributed by atoms with van der Waals surface area (Å²) in [5.41, 5.74) is 2.80. The average Bonchev–Trinajstić information content (AvgIpc) is 2.82. The predicted octanol–water partition coefficient (Wildman–Crippen LogP) is 3.33. The van der Waals surface area contributed by atoms with Crippen molar-refractivity contribution >= 4 is 23.3 Å². The number of anilines is 1. The lowest BCUT2D eigenvalue weighted by Crippen LogP contribution is -2.38. The molecule has 0 aliphatic carbocycles. The minimum Gasteiger partial charge on any atom is -0.452 e. The molecule has 2 aliphatic heterocycles. The van der Waals surface area contributed by atoms with Gasteiger partial charge in [0.05, 0.1) is 10.5 Å². The van der Waals surface area contributed by atoms with Crippen LogP contribution in [0.3, 0.4) is 0 Å². The van der Waals surface area contributed by atoms with Crippen LogP contribution in [0.2, 0.25) is 0 Å². The molecule has 4 rings (SSSR count). The molecule has 8 heteroatoms. The first-order valence-electron chi connectivity index (χ1n) is 10.6. The molecule has 0 N–H and O–H groups in total. The van der Waals surface area contributed by atoms with E-state index in [1.807, 2.05) is 23.1 Å². The van der Waals surface area contributed by atoms with Crippen molar-refractivity contribution in [3.8, 4) is 0 Å². The molecule has 0 radical (unpaired) electrons. The van der Waals surface area contributed by atoms with E-state index in [0.29, 0.717) is 18.8 Å². The van der Waals surface area contributed by atoms with Gasteiger partial charge in [-0.2, -0.15) is 0 Å². The molecule has 0 aromatic heterocycles. The van der Waals surface area contributed by atoms with Crippen LogP contribution in [-0.4, -0.2) is 47.9 Å². The summed E-state index contributed by atoms with van der Waals surface area (Å²) in [6.45, 7) is 2.20. The number of ether oxygens (including phenoxy) is 1. The lowest BCUT2D eigenvalue weighted by atomic mass is 10.00. The van der Waals surface area contributed by atoms with Crippen LogP contribution in [0.15, 0.2) is 42.5 Å². The van der Waals surface area contributed by atoms with Gasteiger partial charge >= 0.3 is 5.97 Å². The summed E-state index contributed by atoms with van der Waals surface area (Å²) in [6.07, 6.45) is 3.86. The van der Waals surface area contributed by atoms with E-state index in [0.717, 1.165) is 44.3 Å². The van der Waals surface area contributed by atoms with Gasteiger partial charge in [0, 0.05) is 32.2 Å². The van der Waals surface area contributed by atoms with Crippen molar-refractivity contribution < 1.29 is 19.2 Å². The van der Waals surface area contributed by atoms with Gasteiger partial charge in [-0.25, -0.2) is 4.79 Å². The van der Waals surface area contributed by atoms with E-state index < -0.39 is 10.9 Å². The molecule has 2 aliphatic rings. The summed E-state index contributed by atoms with van der Waals surface area (Å²) in [5, 5.41) is 11.6. The van der Waals surface area contributed by atoms with E-state index in [1.54, 1.807) is 11.0 Å². The summed E-state index contributed by atoms with van der Waals surface area (Å²) in [4.78, 5) is 39.7. The second-order valence-corrected chi connectivity index (χ2v) is 7.92. The maximum atomic E-state index is 12.5. The quantitative estimate of drug-likeness (QED) is 0.416. The van der Waals surface area contributed by atoms with E-state index in [4.69, 9.17) is 4.74 Å². The lowest BCUT2D eigenvalue weighted by molar-refractivity contribution is -0.384. The van der Waals surface area contributed by atoms with Crippen molar-refractivity contribution in [1.82, 2.24) is 4.90 Å². The minimum absolute atomic E-state index is 0.0734. The number of hydrogen-bond acceptors (Lipinski definition) is 6. The molecule has 2 aromatic rings. The second kappa shape index (κ2) is 9.16. The first-order valence-corrected chi connectivity index (χ1v) is 10.6. The van der Waals surface area contributed by atoms with E-state index in [1.165, 1.54) is 17.7 Å². The standard InChI is InChI=1S/C23H25N3O5/c27-22(25-13-10-17-6-2-3-7-19(17)15-25)16-31-23(28)18-8-9-20(21(14-18)26(29)30)24-11-4-1-5-12-24/h2-3,6-9,14H,1,4-5,10-13,15-16H2. The van der Waals surface area contributed by atoms with Gasteiger partial charge < -0.3 is 14.5 Å². The van der Waals surface area contributed by atoms with Crippen LogP contribution in [-0.2, 0) is 22.5 Å². The smallest absolute Gasteiger partial charge is 0.338 e. The Labute approximate surface area is 180 Å². The summed E-state index contributed by atoms with van der Waals surface area (Å²) in [7, 11) is 0. The molecular formula is C23H25N3O5. The van der Waals surface area contributed by atoms with Crippen LogP contribution >= 0.6 is 0 Å². The third kappa shape index (κ3) is 4.68. The molecule has 0 bridgehead atoms. The maximum Gasteiger partial charge on any atom is 0.338 e. The van der Waals surface area contributed by atoms with E-state index >= 15 is 0 Å². The Morgan fingerprint density at radius 3 is 2.48 bits per heavy atom. The molecule has 2 aromatic carbocycles. The zero-order valence-corrected chi connectivity index (χ0v) is 17.3. The number of fused-ring (bicyclic) bond motifs is 1. The molecule has 1 fully saturated rings. The van der Waals surface area contributed by atoms with Crippen LogP contribution in [0.4, 0.5) is 11.4 Å². The Hall–Kier alpha value is -3.42. The van der Waals surface area contributed by atoms with Crippen LogP contribution in [0.25, 0.3) is 0 Å². The van der Waals surface area contributed by atoms with E-state index in [9.17, 15) is 19.7 Å². The fraction of sp³-hybridized carbons (Fsp3) is 0.391. The molecule has 1 saturated heterocycles. The molecule has 1 amide bonds. The highest BCUT2D eigenvalue weighted by atomic mass is 16.6. The molecule has 162 valence electrons. The highest BCUT2D eigenvalue weighted by molar-refractivity contribution is 5.93. The monoisotopic (exact) mass is 423 g/mol. The number of nitro groups is 1. The Morgan fingerprint density at radius 2 is 1.74 bits per heavy atom. The van der Waals surface area contributed by atoms with Gasteiger partial charge in [0.1, 0.15) is 5.69 Å². The first-order chi connectivity index (χ1) is 15.0. The maximum absolute atomic E-state index is 12.5. The number of nitro benzene ring substituents is 1.